The van der Waals surface area contributed by atoms with Gasteiger partial charge in [-0.15, -0.1) is 0 Å². The van der Waals surface area contributed by atoms with Gasteiger partial charge in [-0.3, -0.25) is 13.9 Å². The van der Waals surface area contributed by atoms with Gasteiger partial charge in [0.2, 0.25) is 0 Å². The van der Waals surface area contributed by atoms with Gasteiger partial charge in [0, 0.05) is 0 Å². The van der Waals surface area contributed by atoms with E-state index in [1.807, 2.05) is 109 Å². The molecule has 268 valence electrons. The number of aromatic nitrogens is 4. The molecule has 1 saturated heterocycles. The minimum absolute atomic E-state index is 0.109. The van der Waals surface area contributed by atoms with E-state index in [0.29, 0.717) is 24.7 Å². The van der Waals surface area contributed by atoms with Crippen LogP contribution in [0.1, 0.15) is 28.5 Å². The first-order valence-electron chi connectivity index (χ1n) is 17.0. The molecule has 1 aliphatic heterocycles. The van der Waals surface area contributed by atoms with Crippen molar-refractivity contribution in [2.45, 2.75) is 43.3 Å². The van der Waals surface area contributed by atoms with Gasteiger partial charge in [-0.2, -0.15) is 0 Å². The summed E-state index contributed by atoms with van der Waals surface area (Å²) in [6.07, 6.45) is -1.93. The Morgan fingerprint density at radius 3 is 1.96 bits per heavy atom. The van der Waals surface area contributed by atoms with Gasteiger partial charge >= 0.3 is 0 Å². The van der Waals surface area contributed by atoms with E-state index < -0.39 is 30.1 Å². The van der Waals surface area contributed by atoms with Crippen LogP contribution in [0.3, 0.4) is 0 Å². The van der Waals surface area contributed by atoms with Crippen molar-refractivity contribution in [3.8, 4) is 11.5 Å². The molecule has 6 aromatic rings. The second-order valence-electron chi connectivity index (χ2n) is 12.5. The molecule has 0 saturated carbocycles. The number of hydrogen-bond acceptors (Lipinski definition) is 10. The van der Waals surface area contributed by atoms with Gasteiger partial charge in [-0.05, 0) is 46.5 Å². The van der Waals surface area contributed by atoms with Crippen LogP contribution in [0.15, 0.2) is 127 Å². The minimum Gasteiger partial charge on any atom is -0.497 e. The van der Waals surface area contributed by atoms with Crippen LogP contribution in [0.5, 0.6) is 11.5 Å². The second kappa shape index (κ2) is 15.5. The summed E-state index contributed by atoms with van der Waals surface area (Å²) in [5.41, 5.74) is 2.30. The van der Waals surface area contributed by atoms with Crippen molar-refractivity contribution < 1.29 is 33.9 Å². The number of aliphatic hydroxyl groups is 2. The van der Waals surface area contributed by atoms with Crippen LogP contribution in [-0.4, -0.2) is 75.1 Å². The predicted molar refractivity (Wildman–Crippen MR) is 192 cm³/mol. The summed E-state index contributed by atoms with van der Waals surface area (Å²) in [4.78, 5) is 22.1. The molecule has 3 heterocycles. The average Bonchev–Trinajstić information content (AvgIpc) is 3.75. The first kappa shape index (κ1) is 35.1. The highest BCUT2D eigenvalue weighted by Crippen LogP contribution is 2.43. The molecule has 0 amide bonds. The Hall–Kier alpha value is -5.37. The number of methoxy groups -OCH3 is 2. The number of nitrogens with zero attached hydrogens (tertiary/aromatic N) is 4. The monoisotopic (exact) mass is 704 g/mol. The molecule has 12 heteroatoms. The molecule has 4 atom stereocenters. The fourth-order valence-electron chi connectivity index (χ4n) is 6.60. The molecule has 12 nitrogen and oxygen atoms in total. The molecule has 7 rings (SSSR count). The van der Waals surface area contributed by atoms with Crippen LogP contribution in [0.4, 0.5) is 0 Å². The quantitative estimate of drug-likeness (QED) is 0.124. The molecule has 52 heavy (non-hydrogen) atoms. The van der Waals surface area contributed by atoms with Crippen LogP contribution in [0, 0.1) is 0 Å². The van der Waals surface area contributed by atoms with Gasteiger partial charge < -0.3 is 33.9 Å². The van der Waals surface area contributed by atoms with Crippen LogP contribution in [0.2, 0.25) is 0 Å². The van der Waals surface area contributed by atoms with Crippen molar-refractivity contribution in [2.75, 3.05) is 27.4 Å². The van der Waals surface area contributed by atoms with Crippen LogP contribution in [-0.2, 0) is 33.0 Å². The van der Waals surface area contributed by atoms with E-state index in [2.05, 4.69) is 9.97 Å². The zero-order valence-electron chi connectivity index (χ0n) is 28.8. The Balaban J connectivity index is 1.14. The lowest BCUT2D eigenvalue weighted by molar-refractivity contribution is -0.0942. The molecule has 0 radical (unpaired) electrons. The van der Waals surface area contributed by atoms with Crippen molar-refractivity contribution >= 4 is 11.2 Å². The maximum absolute atomic E-state index is 13.3. The van der Waals surface area contributed by atoms with Crippen LogP contribution in [0.25, 0.3) is 11.2 Å². The molecule has 1 fully saturated rings. The van der Waals surface area contributed by atoms with Gasteiger partial charge in [-0.1, -0.05) is 84.9 Å². The number of ether oxygens (including phenoxy) is 5. The van der Waals surface area contributed by atoms with Crippen molar-refractivity contribution in [3.63, 3.8) is 0 Å². The van der Waals surface area contributed by atoms with Crippen molar-refractivity contribution in [3.05, 3.63) is 154 Å². The lowest BCUT2D eigenvalue weighted by atomic mass is 9.80. The third-order valence-electron chi connectivity index (χ3n) is 9.39. The Bertz CT molecular complexity index is 2070. The number of hydrogen-bond donors (Lipinski definition) is 2. The second-order valence-corrected chi connectivity index (χ2v) is 12.5. The zero-order chi connectivity index (χ0) is 36.1. The van der Waals surface area contributed by atoms with E-state index in [1.54, 1.807) is 14.2 Å². The largest absolute Gasteiger partial charge is 0.497 e. The summed E-state index contributed by atoms with van der Waals surface area (Å²) in [6.45, 7) is 0.903. The Morgan fingerprint density at radius 1 is 0.750 bits per heavy atom. The topological polar surface area (TPSA) is 139 Å². The van der Waals surface area contributed by atoms with Gasteiger partial charge in [0.1, 0.15) is 41.7 Å². The third kappa shape index (κ3) is 6.82. The Morgan fingerprint density at radius 2 is 1.35 bits per heavy atom. The molecule has 2 N–H and O–H groups in total. The van der Waals surface area contributed by atoms with Crippen molar-refractivity contribution in [2.24, 2.45) is 0 Å². The highest BCUT2D eigenvalue weighted by molar-refractivity contribution is 5.69. The van der Waals surface area contributed by atoms with Crippen LogP contribution < -0.4 is 15.0 Å². The molecular formula is C40H40N4O8. The Kier molecular flexibility index (Phi) is 10.4. The SMILES string of the molecule is COc1ccc(C(OC[C@H]2O[C@@H](n3cnc4c(=O)n(CCOCc5ccccc5)cnc43)[C@H](O)[C@@H]2O)(c2ccccc2)c2ccc(OC)cc2)cc1. The van der Waals surface area contributed by atoms with Gasteiger partial charge in [0.25, 0.3) is 5.56 Å². The number of benzene rings is 4. The third-order valence-corrected chi connectivity index (χ3v) is 9.39. The fraction of sp³-hybridized carbons (Fsp3) is 0.275. The van der Waals surface area contributed by atoms with E-state index >= 15 is 0 Å². The van der Waals surface area contributed by atoms with Crippen LogP contribution >= 0.6 is 0 Å². The standard InChI is InChI=1S/C40H40N4O8/c1-48-31-17-13-29(14-18-31)40(28-11-7-4-8-12-28,30-15-19-32(49-2)20-16-30)51-24-33-35(45)36(46)39(52-33)44-26-41-34-37(44)42-25-43(38(34)47)21-22-50-23-27-9-5-3-6-10-27/h3-20,25-26,33,35-36,39,45-46H,21-24H2,1-2H3/t33-,35-,36-,39-/m1/s1. The van der Waals surface area contributed by atoms with Crippen molar-refractivity contribution in [1.29, 1.82) is 0 Å². The van der Waals surface area contributed by atoms with E-state index in [4.69, 9.17) is 23.7 Å². The smallest absolute Gasteiger partial charge is 0.281 e. The van der Waals surface area contributed by atoms with Crippen molar-refractivity contribution in [1.82, 2.24) is 19.1 Å². The highest BCUT2D eigenvalue weighted by Gasteiger charge is 2.47. The first-order chi connectivity index (χ1) is 25.4. The maximum atomic E-state index is 13.3. The molecule has 0 aliphatic carbocycles. The summed E-state index contributed by atoms with van der Waals surface area (Å²) in [6, 6.07) is 34.7. The van der Waals surface area contributed by atoms with E-state index in [1.165, 1.54) is 21.8 Å². The summed E-state index contributed by atoms with van der Waals surface area (Å²) < 4.78 is 32.8. The molecule has 1 aliphatic rings. The summed E-state index contributed by atoms with van der Waals surface area (Å²) in [7, 11) is 3.22. The molecule has 0 unspecified atom stereocenters. The van der Waals surface area contributed by atoms with Gasteiger partial charge in [0.15, 0.2) is 17.4 Å². The summed E-state index contributed by atoms with van der Waals surface area (Å²) in [5, 5.41) is 22.6. The fourth-order valence-corrected chi connectivity index (χ4v) is 6.60. The zero-order valence-corrected chi connectivity index (χ0v) is 28.8. The van der Waals surface area contributed by atoms with Gasteiger partial charge in [-0.25, -0.2) is 9.97 Å². The number of fused-ring (bicyclic) bond motifs is 1. The number of imidazole rings is 1. The lowest BCUT2D eigenvalue weighted by Gasteiger charge is -2.37. The number of aliphatic hydroxyl groups excluding tert-OH is 2. The highest BCUT2D eigenvalue weighted by atomic mass is 16.6. The van der Waals surface area contributed by atoms with E-state index in [9.17, 15) is 15.0 Å². The predicted octanol–water partition coefficient (Wildman–Crippen LogP) is 4.45. The van der Waals surface area contributed by atoms with E-state index in [0.717, 1.165) is 22.3 Å². The molecule has 0 spiro atoms. The summed E-state index contributed by atoms with van der Waals surface area (Å²) >= 11 is 0. The first-order valence-corrected chi connectivity index (χ1v) is 17.0. The number of rotatable bonds is 14. The molecule has 4 aromatic carbocycles. The molecule has 0 bridgehead atoms. The Labute approximate surface area is 300 Å². The average molecular weight is 705 g/mol. The van der Waals surface area contributed by atoms with Gasteiger partial charge in [0.05, 0.1) is 46.9 Å². The molecular weight excluding hydrogens is 664 g/mol. The maximum Gasteiger partial charge on any atom is 0.281 e. The normalized spacial score (nSPS) is 18.8. The lowest BCUT2D eigenvalue weighted by Crippen LogP contribution is -2.39. The summed E-state index contributed by atoms with van der Waals surface area (Å²) in [5.74, 6) is 1.37. The van der Waals surface area contributed by atoms with E-state index in [-0.39, 0.29) is 29.9 Å². The molecule has 2 aromatic heterocycles. The minimum atomic E-state index is -1.37.